The smallest absolute Gasteiger partial charge is 0.357 e. The molecule has 0 radical (unpaired) electrons. The summed E-state index contributed by atoms with van der Waals surface area (Å²) in [5.41, 5.74) is 2.20. The third-order valence-electron chi connectivity index (χ3n) is 2.18. The fourth-order valence-corrected chi connectivity index (χ4v) is 2.12. The van der Waals surface area contributed by atoms with E-state index in [9.17, 15) is 18.3 Å². The highest BCUT2D eigenvalue weighted by Gasteiger charge is 2.60. The van der Waals surface area contributed by atoms with E-state index in [1.54, 1.807) is 17.5 Å². The zero-order chi connectivity index (χ0) is 11.1. The molecule has 2 rings (SSSR count). The van der Waals surface area contributed by atoms with E-state index in [0.29, 0.717) is 4.88 Å². The molecule has 1 aromatic heterocycles. The van der Waals surface area contributed by atoms with E-state index < -0.39 is 24.4 Å². The lowest BCUT2D eigenvalue weighted by Crippen LogP contribution is -2.45. The SMILES string of the molecule is O[C@@]1(C(F)(F)F)C[C@H](c2cccs2)NO1. The highest BCUT2D eigenvalue weighted by molar-refractivity contribution is 7.10. The molecule has 1 aliphatic heterocycles. The van der Waals surface area contributed by atoms with Gasteiger partial charge in [-0.15, -0.1) is 11.3 Å². The van der Waals surface area contributed by atoms with Crippen molar-refractivity contribution in [3.05, 3.63) is 22.4 Å². The quantitative estimate of drug-likeness (QED) is 0.787. The third-order valence-corrected chi connectivity index (χ3v) is 3.17. The number of nitrogens with one attached hydrogen (secondary N) is 1. The predicted molar refractivity (Wildman–Crippen MR) is 46.9 cm³/mol. The summed E-state index contributed by atoms with van der Waals surface area (Å²) < 4.78 is 37.0. The first-order chi connectivity index (χ1) is 6.92. The average molecular weight is 239 g/mol. The van der Waals surface area contributed by atoms with E-state index in [-0.39, 0.29) is 0 Å². The summed E-state index contributed by atoms with van der Waals surface area (Å²) in [4.78, 5) is 4.93. The van der Waals surface area contributed by atoms with Gasteiger partial charge in [0.05, 0.1) is 6.04 Å². The Labute approximate surface area is 87.4 Å². The van der Waals surface area contributed by atoms with E-state index in [2.05, 4.69) is 10.3 Å². The zero-order valence-corrected chi connectivity index (χ0v) is 8.23. The fraction of sp³-hybridized carbons (Fsp3) is 0.500. The minimum atomic E-state index is -4.79. The lowest BCUT2D eigenvalue weighted by atomic mass is 10.1. The van der Waals surface area contributed by atoms with Crippen LogP contribution < -0.4 is 5.48 Å². The van der Waals surface area contributed by atoms with E-state index in [1.807, 2.05) is 0 Å². The van der Waals surface area contributed by atoms with Crippen LogP contribution in [0, 0.1) is 0 Å². The first-order valence-corrected chi connectivity index (χ1v) is 5.06. The molecule has 1 saturated heterocycles. The largest absolute Gasteiger partial charge is 0.444 e. The Bertz CT molecular complexity index is 340. The molecule has 0 unspecified atom stereocenters. The van der Waals surface area contributed by atoms with E-state index >= 15 is 0 Å². The van der Waals surface area contributed by atoms with Crippen LogP contribution >= 0.6 is 11.3 Å². The van der Waals surface area contributed by atoms with Gasteiger partial charge in [0.2, 0.25) is 0 Å². The molecule has 15 heavy (non-hydrogen) atoms. The molecular formula is C8H8F3NO2S. The molecule has 1 fully saturated rings. The Morgan fingerprint density at radius 1 is 1.60 bits per heavy atom. The Morgan fingerprint density at radius 2 is 2.33 bits per heavy atom. The molecule has 0 amide bonds. The summed E-state index contributed by atoms with van der Waals surface area (Å²) in [5.74, 6) is -3.08. The summed E-state index contributed by atoms with van der Waals surface area (Å²) in [6, 6.07) is 2.80. The van der Waals surface area contributed by atoms with Gasteiger partial charge in [-0.1, -0.05) is 6.07 Å². The highest BCUT2D eigenvalue weighted by atomic mass is 32.1. The maximum Gasteiger partial charge on any atom is 0.444 e. The van der Waals surface area contributed by atoms with Gasteiger partial charge in [0.15, 0.2) is 0 Å². The maximum atomic E-state index is 12.3. The molecular weight excluding hydrogens is 231 g/mol. The molecule has 1 aliphatic rings. The first-order valence-electron chi connectivity index (χ1n) is 4.18. The van der Waals surface area contributed by atoms with Crippen molar-refractivity contribution in [2.45, 2.75) is 24.4 Å². The second kappa shape index (κ2) is 3.44. The van der Waals surface area contributed by atoms with E-state index in [4.69, 9.17) is 0 Å². The van der Waals surface area contributed by atoms with Crippen molar-refractivity contribution < 1.29 is 23.1 Å². The second-order valence-electron chi connectivity index (χ2n) is 3.27. The number of halogens is 3. The minimum Gasteiger partial charge on any atom is -0.357 e. The number of hydrogen-bond acceptors (Lipinski definition) is 4. The number of hydroxylamine groups is 1. The van der Waals surface area contributed by atoms with Crippen LogP contribution in [0.2, 0.25) is 0 Å². The van der Waals surface area contributed by atoms with Crippen LogP contribution in [0.4, 0.5) is 13.2 Å². The molecule has 1 aromatic rings. The van der Waals surface area contributed by atoms with Gasteiger partial charge in [0.25, 0.3) is 5.79 Å². The van der Waals surface area contributed by atoms with Crippen LogP contribution in [0.25, 0.3) is 0 Å². The van der Waals surface area contributed by atoms with Crippen molar-refractivity contribution >= 4 is 11.3 Å². The highest BCUT2D eigenvalue weighted by Crippen LogP contribution is 2.42. The first kappa shape index (κ1) is 10.9. The third kappa shape index (κ3) is 1.87. The van der Waals surface area contributed by atoms with Crippen molar-refractivity contribution in [3.63, 3.8) is 0 Å². The van der Waals surface area contributed by atoms with Crippen LogP contribution in [-0.4, -0.2) is 17.1 Å². The number of hydrogen-bond donors (Lipinski definition) is 2. The van der Waals surface area contributed by atoms with Crippen LogP contribution in [0.1, 0.15) is 17.3 Å². The van der Waals surface area contributed by atoms with Crippen molar-refractivity contribution in [2.75, 3.05) is 0 Å². The van der Waals surface area contributed by atoms with Crippen molar-refractivity contribution in [1.82, 2.24) is 5.48 Å². The minimum absolute atomic E-state index is 0.531. The second-order valence-corrected chi connectivity index (χ2v) is 4.25. The molecule has 2 atom stereocenters. The van der Waals surface area contributed by atoms with Crippen LogP contribution in [0.5, 0.6) is 0 Å². The fourth-order valence-electron chi connectivity index (χ4n) is 1.35. The average Bonchev–Trinajstić information content (AvgIpc) is 2.70. The predicted octanol–water partition coefficient (Wildman–Crippen LogP) is 1.96. The molecule has 2 N–H and O–H groups in total. The monoisotopic (exact) mass is 239 g/mol. The summed E-state index contributed by atoms with van der Waals surface area (Å²) in [6.45, 7) is 0. The molecule has 84 valence electrons. The topological polar surface area (TPSA) is 41.5 Å². The summed E-state index contributed by atoms with van der Waals surface area (Å²) in [6.07, 6.45) is -5.32. The Hall–Kier alpha value is -0.630. The Balaban J connectivity index is 2.13. The maximum absolute atomic E-state index is 12.3. The van der Waals surface area contributed by atoms with Crippen molar-refractivity contribution in [2.24, 2.45) is 0 Å². The van der Waals surface area contributed by atoms with Gasteiger partial charge in [0, 0.05) is 11.3 Å². The van der Waals surface area contributed by atoms with Gasteiger partial charge in [-0.05, 0) is 11.4 Å². The zero-order valence-electron chi connectivity index (χ0n) is 7.41. The van der Waals surface area contributed by atoms with Crippen LogP contribution in [0.3, 0.4) is 0 Å². The Morgan fingerprint density at radius 3 is 2.80 bits per heavy atom. The Kier molecular flexibility index (Phi) is 2.50. The lowest BCUT2D eigenvalue weighted by molar-refractivity contribution is -0.361. The van der Waals surface area contributed by atoms with Gasteiger partial charge >= 0.3 is 6.18 Å². The van der Waals surface area contributed by atoms with Crippen molar-refractivity contribution in [1.29, 1.82) is 0 Å². The number of alkyl halides is 3. The van der Waals surface area contributed by atoms with Gasteiger partial charge in [-0.3, -0.25) is 4.84 Å². The molecule has 0 aliphatic carbocycles. The van der Waals surface area contributed by atoms with Crippen LogP contribution in [-0.2, 0) is 4.84 Å². The van der Waals surface area contributed by atoms with Gasteiger partial charge in [-0.2, -0.15) is 18.7 Å². The summed E-state index contributed by atoms with van der Waals surface area (Å²) >= 11 is 1.31. The molecule has 2 heterocycles. The summed E-state index contributed by atoms with van der Waals surface area (Å²) in [5, 5.41) is 10.9. The summed E-state index contributed by atoms with van der Waals surface area (Å²) in [7, 11) is 0. The lowest BCUT2D eigenvalue weighted by Gasteiger charge is -2.22. The molecule has 7 heteroatoms. The standard InChI is InChI=1S/C8H8F3NO2S/c9-8(10,11)7(13)4-5(12-14-7)6-2-1-3-15-6/h1-3,5,12-13H,4H2/t5-,7+/m1/s1. The molecule has 3 nitrogen and oxygen atoms in total. The van der Waals surface area contributed by atoms with Crippen molar-refractivity contribution in [3.8, 4) is 0 Å². The molecule has 0 saturated carbocycles. The van der Waals surface area contributed by atoms with E-state index in [0.717, 1.165) is 0 Å². The normalized spacial score (nSPS) is 32.1. The number of rotatable bonds is 1. The van der Waals surface area contributed by atoms with E-state index in [1.165, 1.54) is 11.3 Å². The van der Waals surface area contributed by atoms with Crippen LogP contribution in [0.15, 0.2) is 17.5 Å². The molecule has 0 bridgehead atoms. The number of aliphatic hydroxyl groups is 1. The van der Waals surface area contributed by atoms with Gasteiger partial charge in [0.1, 0.15) is 0 Å². The number of thiophene rings is 1. The molecule has 0 spiro atoms. The van der Waals surface area contributed by atoms with Gasteiger partial charge in [-0.25, -0.2) is 0 Å². The molecule has 0 aromatic carbocycles. The van der Waals surface area contributed by atoms with Gasteiger partial charge < -0.3 is 5.11 Å².